The van der Waals surface area contributed by atoms with Gasteiger partial charge in [0.25, 0.3) is 0 Å². The van der Waals surface area contributed by atoms with Crippen LogP contribution in [0.2, 0.25) is 0 Å². The molecule has 0 unspecified atom stereocenters. The number of aromatic nitrogens is 2. The first kappa shape index (κ1) is 12.1. The second kappa shape index (κ2) is 4.51. The van der Waals surface area contributed by atoms with E-state index in [1.54, 1.807) is 0 Å². The molecule has 94 valence electrons. The molecule has 0 amide bonds. The van der Waals surface area contributed by atoms with E-state index < -0.39 is 0 Å². The second-order valence-corrected chi connectivity index (χ2v) is 5.65. The molecule has 1 saturated heterocycles. The molecule has 2 rings (SSSR count). The average Bonchev–Trinajstić information content (AvgIpc) is 2.58. The number of nitrogen functional groups attached to an aromatic ring is 1. The smallest absolute Gasteiger partial charge is 0.134 e. The van der Waals surface area contributed by atoms with Crippen LogP contribution < -0.4 is 10.6 Å². The normalized spacial score (nSPS) is 18.6. The lowest BCUT2D eigenvalue weighted by Crippen LogP contribution is -2.24. The Kier molecular flexibility index (Phi) is 3.22. The van der Waals surface area contributed by atoms with Gasteiger partial charge in [-0.3, -0.25) is 0 Å². The van der Waals surface area contributed by atoms with E-state index in [4.69, 9.17) is 5.73 Å². The minimum absolute atomic E-state index is 0.380. The third-order valence-electron chi connectivity index (χ3n) is 3.25. The zero-order valence-electron chi connectivity index (χ0n) is 11.0. The summed E-state index contributed by atoms with van der Waals surface area (Å²) in [5, 5.41) is 0. The van der Waals surface area contributed by atoms with Gasteiger partial charge in [0.15, 0.2) is 0 Å². The van der Waals surface area contributed by atoms with Crippen molar-refractivity contribution in [3.05, 3.63) is 11.9 Å². The molecule has 0 spiro atoms. The number of nitrogens with zero attached hydrogens (tertiary/aromatic N) is 3. The number of hydrogen-bond donors (Lipinski definition) is 1. The van der Waals surface area contributed by atoms with E-state index in [2.05, 4.69) is 35.6 Å². The highest BCUT2D eigenvalue weighted by atomic mass is 15.2. The fraction of sp³-hybridized carbons (Fsp3) is 0.692. The van der Waals surface area contributed by atoms with Crippen LogP contribution in [0, 0.1) is 5.41 Å². The first-order valence-corrected chi connectivity index (χ1v) is 6.38. The topological polar surface area (TPSA) is 55.0 Å². The lowest BCUT2D eigenvalue weighted by atomic mass is 9.93. The molecule has 2 heterocycles. The maximum atomic E-state index is 5.85. The molecular formula is C13H22N4. The van der Waals surface area contributed by atoms with Gasteiger partial charge in [-0.15, -0.1) is 0 Å². The molecule has 1 aromatic rings. The van der Waals surface area contributed by atoms with Crippen LogP contribution in [0.1, 0.15) is 39.4 Å². The van der Waals surface area contributed by atoms with E-state index >= 15 is 0 Å². The summed E-state index contributed by atoms with van der Waals surface area (Å²) in [7, 11) is 0. The van der Waals surface area contributed by atoms with Crippen molar-refractivity contribution in [3.8, 4) is 0 Å². The monoisotopic (exact) mass is 234 g/mol. The van der Waals surface area contributed by atoms with Gasteiger partial charge in [0.1, 0.15) is 17.5 Å². The number of rotatable bonds is 3. The van der Waals surface area contributed by atoms with Crippen LogP contribution in [0.15, 0.2) is 6.07 Å². The first-order chi connectivity index (χ1) is 8.00. The quantitative estimate of drug-likeness (QED) is 0.871. The van der Waals surface area contributed by atoms with Crippen molar-refractivity contribution in [1.82, 2.24) is 9.97 Å². The molecule has 4 nitrogen and oxygen atoms in total. The van der Waals surface area contributed by atoms with Crippen LogP contribution >= 0.6 is 0 Å². The molecule has 0 aliphatic carbocycles. The molecule has 2 N–H and O–H groups in total. The SMILES string of the molecule is CCCc1nc(N)cc(N2CCC(C)(C)C2)n1. The van der Waals surface area contributed by atoms with E-state index in [1.807, 2.05) is 6.07 Å². The molecule has 1 aromatic heterocycles. The summed E-state index contributed by atoms with van der Waals surface area (Å²) in [5.74, 6) is 2.45. The van der Waals surface area contributed by atoms with Crippen molar-refractivity contribution in [2.24, 2.45) is 5.41 Å². The molecular weight excluding hydrogens is 212 g/mol. The van der Waals surface area contributed by atoms with Gasteiger partial charge in [0.05, 0.1) is 0 Å². The van der Waals surface area contributed by atoms with Gasteiger partial charge in [-0.25, -0.2) is 9.97 Å². The Morgan fingerprint density at radius 1 is 1.41 bits per heavy atom. The first-order valence-electron chi connectivity index (χ1n) is 6.38. The molecule has 1 fully saturated rings. The summed E-state index contributed by atoms with van der Waals surface area (Å²) in [6.07, 6.45) is 3.16. The summed E-state index contributed by atoms with van der Waals surface area (Å²) in [5.41, 5.74) is 6.23. The van der Waals surface area contributed by atoms with Crippen LogP contribution in [0.25, 0.3) is 0 Å². The van der Waals surface area contributed by atoms with Gasteiger partial charge in [-0.1, -0.05) is 20.8 Å². The summed E-state index contributed by atoms with van der Waals surface area (Å²) in [6, 6.07) is 1.89. The Morgan fingerprint density at radius 2 is 2.18 bits per heavy atom. The average molecular weight is 234 g/mol. The van der Waals surface area contributed by atoms with Gasteiger partial charge in [0.2, 0.25) is 0 Å². The van der Waals surface area contributed by atoms with Crippen molar-refractivity contribution in [3.63, 3.8) is 0 Å². The third-order valence-corrected chi connectivity index (χ3v) is 3.25. The summed E-state index contributed by atoms with van der Waals surface area (Å²) >= 11 is 0. The van der Waals surface area contributed by atoms with Crippen LogP contribution in [0.4, 0.5) is 11.6 Å². The van der Waals surface area contributed by atoms with Crippen molar-refractivity contribution in [2.75, 3.05) is 23.7 Å². The zero-order valence-corrected chi connectivity index (χ0v) is 11.0. The van der Waals surface area contributed by atoms with Crippen molar-refractivity contribution >= 4 is 11.6 Å². The van der Waals surface area contributed by atoms with E-state index in [0.717, 1.165) is 37.6 Å². The molecule has 17 heavy (non-hydrogen) atoms. The number of nitrogens with two attached hydrogens (primary N) is 1. The highest BCUT2D eigenvalue weighted by Gasteiger charge is 2.30. The predicted octanol–water partition coefficient (Wildman–Crippen LogP) is 2.25. The van der Waals surface area contributed by atoms with Crippen LogP contribution in [0.5, 0.6) is 0 Å². The molecule has 0 aromatic carbocycles. The highest BCUT2D eigenvalue weighted by Crippen LogP contribution is 2.31. The predicted molar refractivity (Wildman–Crippen MR) is 71.1 cm³/mol. The Morgan fingerprint density at radius 3 is 2.76 bits per heavy atom. The molecule has 0 atom stereocenters. The Balaban J connectivity index is 2.21. The maximum Gasteiger partial charge on any atom is 0.134 e. The summed E-state index contributed by atoms with van der Waals surface area (Å²) in [6.45, 7) is 8.84. The molecule has 1 aliphatic rings. The standard InChI is InChI=1S/C13H22N4/c1-4-5-11-15-10(14)8-12(16-11)17-7-6-13(2,3)9-17/h8H,4-7,9H2,1-3H3,(H2,14,15,16). The Labute approximate surface area is 103 Å². The molecule has 1 aliphatic heterocycles. The van der Waals surface area contributed by atoms with Crippen LogP contribution in [-0.2, 0) is 6.42 Å². The van der Waals surface area contributed by atoms with Gasteiger partial charge in [-0.05, 0) is 18.3 Å². The van der Waals surface area contributed by atoms with Gasteiger partial charge < -0.3 is 10.6 Å². The lowest BCUT2D eigenvalue weighted by Gasteiger charge is -2.21. The lowest BCUT2D eigenvalue weighted by molar-refractivity contribution is 0.418. The van der Waals surface area contributed by atoms with Crippen molar-refractivity contribution in [2.45, 2.75) is 40.0 Å². The largest absolute Gasteiger partial charge is 0.384 e. The van der Waals surface area contributed by atoms with Crippen molar-refractivity contribution < 1.29 is 0 Å². The minimum Gasteiger partial charge on any atom is -0.384 e. The second-order valence-electron chi connectivity index (χ2n) is 5.65. The highest BCUT2D eigenvalue weighted by molar-refractivity contribution is 5.48. The molecule has 4 heteroatoms. The fourth-order valence-electron chi connectivity index (χ4n) is 2.31. The number of aryl methyl sites for hydroxylation is 1. The van der Waals surface area contributed by atoms with E-state index in [9.17, 15) is 0 Å². The third kappa shape index (κ3) is 2.87. The molecule has 0 saturated carbocycles. The molecule has 0 radical (unpaired) electrons. The van der Waals surface area contributed by atoms with E-state index in [0.29, 0.717) is 11.2 Å². The van der Waals surface area contributed by atoms with Crippen LogP contribution in [0.3, 0.4) is 0 Å². The van der Waals surface area contributed by atoms with Crippen molar-refractivity contribution in [1.29, 1.82) is 0 Å². The Bertz CT molecular complexity index is 400. The fourth-order valence-corrected chi connectivity index (χ4v) is 2.31. The summed E-state index contributed by atoms with van der Waals surface area (Å²) in [4.78, 5) is 11.2. The van der Waals surface area contributed by atoms with E-state index in [1.165, 1.54) is 6.42 Å². The molecule has 0 bridgehead atoms. The summed E-state index contributed by atoms with van der Waals surface area (Å²) < 4.78 is 0. The minimum atomic E-state index is 0.380. The Hall–Kier alpha value is -1.32. The van der Waals surface area contributed by atoms with Gasteiger partial charge in [-0.2, -0.15) is 0 Å². The van der Waals surface area contributed by atoms with Gasteiger partial charge in [0, 0.05) is 25.6 Å². The maximum absolute atomic E-state index is 5.85. The van der Waals surface area contributed by atoms with Crippen LogP contribution in [-0.4, -0.2) is 23.1 Å². The number of anilines is 2. The number of hydrogen-bond acceptors (Lipinski definition) is 4. The van der Waals surface area contributed by atoms with E-state index in [-0.39, 0.29) is 0 Å². The van der Waals surface area contributed by atoms with Gasteiger partial charge >= 0.3 is 0 Å². The zero-order chi connectivity index (χ0) is 12.5.